The molecule has 0 saturated heterocycles. The molecule has 0 aromatic carbocycles. The predicted octanol–water partition coefficient (Wildman–Crippen LogP) is 1.14. The van der Waals surface area contributed by atoms with E-state index < -0.39 is 33.1 Å². The van der Waals surface area contributed by atoms with Crippen LogP contribution >= 0.6 is 10.7 Å². The first-order valence-electron chi connectivity index (χ1n) is 3.66. The highest BCUT2D eigenvalue weighted by atomic mass is 35.7. The molecule has 0 aromatic heterocycles. The zero-order valence-corrected chi connectivity index (χ0v) is 8.87. The van der Waals surface area contributed by atoms with Crippen LogP contribution in [0.5, 0.6) is 0 Å². The SMILES string of the molecule is CCOC(=O)C(F)(F)CCS(=O)(=O)Cl. The van der Waals surface area contributed by atoms with Crippen molar-refractivity contribution in [3.63, 3.8) is 0 Å². The molecule has 0 aliphatic carbocycles. The van der Waals surface area contributed by atoms with E-state index in [-0.39, 0.29) is 6.61 Å². The third kappa shape index (κ3) is 5.33. The Morgan fingerprint density at radius 1 is 1.50 bits per heavy atom. The average Bonchev–Trinajstić information content (AvgIpc) is 2.00. The Labute approximate surface area is 84.6 Å². The Hall–Kier alpha value is -0.430. The maximum Gasteiger partial charge on any atom is 0.377 e. The number of hydrogen-bond acceptors (Lipinski definition) is 4. The fraction of sp³-hybridized carbons (Fsp3) is 0.833. The van der Waals surface area contributed by atoms with Crippen LogP contribution < -0.4 is 0 Å². The summed E-state index contributed by atoms with van der Waals surface area (Å²) in [5.41, 5.74) is 0. The molecule has 0 aliphatic rings. The largest absolute Gasteiger partial charge is 0.462 e. The van der Waals surface area contributed by atoms with Gasteiger partial charge in [-0.1, -0.05) is 0 Å². The Morgan fingerprint density at radius 3 is 2.36 bits per heavy atom. The number of esters is 1. The van der Waals surface area contributed by atoms with Crippen LogP contribution in [-0.2, 0) is 18.6 Å². The van der Waals surface area contributed by atoms with Gasteiger partial charge in [-0.2, -0.15) is 8.78 Å². The van der Waals surface area contributed by atoms with Gasteiger partial charge in [-0.05, 0) is 6.92 Å². The summed E-state index contributed by atoms with van der Waals surface area (Å²) in [7, 11) is 0.686. The van der Waals surface area contributed by atoms with Crippen LogP contribution in [0.15, 0.2) is 0 Å². The smallest absolute Gasteiger partial charge is 0.377 e. The maximum atomic E-state index is 12.7. The third-order valence-corrected chi connectivity index (χ3v) is 2.39. The molecule has 4 nitrogen and oxygen atoms in total. The molecule has 14 heavy (non-hydrogen) atoms. The van der Waals surface area contributed by atoms with Gasteiger partial charge in [0.25, 0.3) is 0 Å². The first kappa shape index (κ1) is 13.6. The maximum absolute atomic E-state index is 12.7. The Kier molecular flexibility index (Phi) is 4.73. The zero-order valence-electron chi connectivity index (χ0n) is 7.30. The second-order valence-corrected chi connectivity index (χ2v) is 5.31. The van der Waals surface area contributed by atoms with E-state index in [2.05, 4.69) is 4.74 Å². The molecule has 0 aromatic rings. The molecular weight excluding hydrogens is 242 g/mol. The normalized spacial score (nSPS) is 12.6. The van der Waals surface area contributed by atoms with Crippen molar-refractivity contribution in [3.8, 4) is 0 Å². The lowest BCUT2D eigenvalue weighted by atomic mass is 10.3. The fourth-order valence-corrected chi connectivity index (χ4v) is 1.32. The van der Waals surface area contributed by atoms with Crippen molar-refractivity contribution in [2.45, 2.75) is 19.3 Å². The predicted molar refractivity (Wildman–Crippen MR) is 45.8 cm³/mol. The van der Waals surface area contributed by atoms with Gasteiger partial charge in [-0.25, -0.2) is 13.2 Å². The fourth-order valence-electron chi connectivity index (χ4n) is 0.589. The first-order valence-corrected chi connectivity index (χ1v) is 6.14. The van der Waals surface area contributed by atoms with Crippen molar-refractivity contribution in [1.82, 2.24) is 0 Å². The van der Waals surface area contributed by atoms with Crippen molar-refractivity contribution in [3.05, 3.63) is 0 Å². The highest BCUT2D eigenvalue weighted by Gasteiger charge is 2.41. The molecule has 0 unspecified atom stereocenters. The molecule has 0 atom stereocenters. The number of carbonyl (C=O) groups excluding carboxylic acids is 1. The minimum absolute atomic E-state index is 0.192. The number of alkyl halides is 2. The van der Waals surface area contributed by atoms with Gasteiger partial charge < -0.3 is 4.74 Å². The molecule has 0 radical (unpaired) electrons. The highest BCUT2D eigenvalue weighted by molar-refractivity contribution is 8.13. The quantitative estimate of drug-likeness (QED) is 0.542. The van der Waals surface area contributed by atoms with Crippen LogP contribution in [-0.4, -0.2) is 32.7 Å². The molecular formula is C6H9ClF2O4S. The second kappa shape index (κ2) is 4.88. The van der Waals surface area contributed by atoms with E-state index in [1.807, 2.05) is 0 Å². The topological polar surface area (TPSA) is 60.4 Å². The molecule has 0 fully saturated rings. The van der Waals surface area contributed by atoms with Gasteiger partial charge in [0.15, 0.2) is 0 Å². The van der Waals surface area contributed by atoms with E-state index in [0.717, 1.165) is 0 Å². The van der Waals surface area contributed by atoms with Crippen LogP contribution in [0, 0.1) is 0 Å². The second-order valence-electron chi connectivity index (χ2n) is 2.42. The first-order chi connectivity index (χ1) is 6.19. The van der Waals surface area contributed by atoms with Crippen molar-refractivity contribution in [2.24, 2.45) is 0 Å². The third-order valence-electron chi connectivity index (χ3n) is 1.23. The number of rotatable bonds is 5. The molecule has 0 saturated carbocycles. The van der Waals surface area contributed by atoms with E-state index in [9.17, 15) is 22.0 Å². The minimum atomic E-state index is -4.02. The Balaban J connectivity index is 4.27. The van der Waals surface area contributed by atoms with Gasteiger partial charge in [-0.15, -0.1) is 0 Å². The highest BCUT2D eigenvalue weighted by Crippen LogP contribution is 2.21. The monoisotopic (exact) mass is 250 g/mol. The van der Waals surface area contributed by atoms with E-state index in [4.69, 9.17) is 10.7 Å². The molecule has 84 valence electrons. The summed E-state index contributed by atoms with van der Waals surface area (Å²) in [6, 6.07) is 0. The van der Waals surface area contributed by atoms with Gasteiger partial charge >= 0.3 is 11.9 Å². The molecule has 0 aliphatic heterocycles. The van der Waals surface area contributed by atoms with Crippen LogP contribution in [0.1, 0.15) is 13.3 Å². The Bertz CT molecular complexity index is 301. The molecule has 0 rings (SSSR count). The summed E-state index contributed by atoms with van der Waals surface area (Å²) in [6.45, 7) is 1.17. The molecule has 0 N–H and O–H groups in total. The lowest BCUT2D eigenvalue weighted by Crippen LogP contribution is -2.32. The minimum Gasteiger partial charge on any atom is -0.462 e. The van der Waals surface area contributed by atoms with Gasteiger partial charge in [-0.3, -0.25) is 0 Å². The van der Waals surface area contributed by atoms with Crippen molar-refractivity contribution in [1.29, 1.82) is 0 Å². The summed E-state index contributed by atoms with van der Waals surface area (Å²) in [4.78, 5) is 10.6. The van der Waals surface area contributed by atoms with Crippen LogP contribution in [0.4, 0.5) is 8.78 Å². The summed E-state index contributed by atoms with van der Waals surface area (Å²) in [6.07, 6.45) is -1.17. The van der Waals surface area contributed by atoms with E-state index >= 15 is 0 Å². The molecule has 0 heterocycles. The molecule has 0 spiro atoms. The van der Waals surface area contributed by atoms with Crippen molar-refractivity contribution in [2.75, 3.05) is 12.4 Å². The molecule has 0 amide bonds. The lowest BCUT2D eigenvalue weighted by molar-refractivity contribution is -0.171. The number of hydrogen-bond donors (Lipinski definition) is 0. The van der Waals surface area contributed by atoms with Crippen molar-refractivity contribution < 1.29 is 26.7 Å². The Morgan fingerprint density at radius 2 is 2.00 bits per heavy atom. The van der Waals surface area contributed by atoms with Crippen LogP contribution in [0.2, 0.25) is 0 Å². The van der Waals surface area contributed by atoms with Gasteiger partial charge in [0, 0.05) is 17.1 Å². The van der Waals surface area contributed by atoms with Gasteiger partial charge in [0.2, 0.25) is 9.05 Å². The van der Waals surface area contributed by atoms with Gasteiger partial charge in [0.1, 0.15) is 0 Å². The number of carbonyl (C=O) groups is 1. The summed E-state index contributed by atoms with van der Waals surface area (Å²) < 4.78 is 50.2. The van der Waals surface area contributed by atoms with E-state index in [0.29, 0.717) is 0 Å². The molecule has 8 heteroatoms. The van der Waals surface area contributed by atoms with Crippen LogP contribution in [0.3, 0.4) is 0 Å². The zero-order chi connectivity index (χ0) is 11.4. The standard InChI is InChI=1S/C6H9ClF2O4S/c1-2-13-5(10)6(8,9)3-4-14(7,11)12/h2-4H2,1H3. The van der Waals surface area contributed by atoms with Crippen molar-refractivity contribution >= 4 is 25.7 Å². The lowest BCUT2D eigenvalue weighted by Gasteiger charge is -2.12. The van der Waals surface area contributed by atoms with E-state index in [1.165, 1.54) is 6.92 Å². The summed E-state index contributed by atoms with van der Waals surface area (Å²) in [5.74, 6) is -6.52. The van der Waals surface area contributed by atoms with Gasteiger partial charge in [0.05, 0.1) is 12.4 Å². The molecule has 0 bridgehead atoms. The average molecular weight is 251 g/mol. The summed E-state index contributed by atoms with van der Waals surface area (Å²) >= 11 is 0. The number of halogens is 3. The van der Waals surface area contributed by atoms with E-state index in [1.54, 1.807) is 0 Å². The summed E-state index contributed by atoms with van der Waals surface area (Å²) in [5, 5.41) is 0. The van der Waals surface area contributed by atoms with Crippen LogP contribution in [0.25, 0.3) is 0 Å². The number of ether oxygens (including phenoxy) is 1.